The van der Waals surface area contributed by atoms with Gasteiger partial charge in [0.05, 0.1) is 5.71 Å². The molecule has 2 aliphatic heterocycles. The first-order valence-electron chi connectivity index (χ1n) is 5.69. The summed E-state index contributed by atoms with van der Waals surface area (Å²) in [6, 6.07) is 1.89. The zero-order valence-corrected chi connectivity index (χ0v) is 10.8. The van der Waals surface area contributed by atoms with Gasteiger partial charge in [-0.25, -0.2) is 8.42 Å². The van der Waals surface area contributed by atoms with Crippen LogP contribution in [0.2, 0.25) is 0 Å². The first-order valence-corrected chi connectivity index (χ1v) is 7.19. The number of sulfonamides is 1. The second kappa shape index (κ2) is 4.34. The number of hydrogen-bond donors (Lipinski definition) is 2. The van der Waals surface area contributed by atoms with Gasteiger partial charge in [0.1, 0.15) is 5.25 Å². The molecule has 0 aliphatic carbocycles. The lowest BCUT2D eigenvalue weighted by molar-refractivity contribution is -0.121. The molecule has 1 aromatic rings. The molecule has 2 atom stereocenters. The lowest BCUT2D eigenvalue weighted by Gasteiger charge is -2.32. The van der Waals surface area contributed by atoms with Crippen LogP contribution in [-0.4, -0.2) is 42.9 Å². The molecule has 9 nitrogen and oxygen atoms in total. The molecule has 1 saturated heterocycles. The van der Waals surface area contributed by atoms with Crippen LogP contribution in [0.1, 0.15) is 0 Å². The summed E-state index contributed by atoms with van der Waals surface area (Å²) in [5.41, 5.74) is -0.248. The van der Waals surface area contributed by atoms with Crippen molar-refractivity contribution in [3.63, 3.8) is 0 Å². The number of nitrogens with zero attached hydrogens (tertiary/aromatic N) is 3. The van der Waals surface area contributed by atoms with Crippen LogP contribution in [0.3, 0.4) is 0 Å². The Balaban J connectivity index is 1.92. The molecular formula is C10H9N5O4S. The van der Waals surface area contributed by atoms with Crippen molar-refractivity contribution < 1.29 is 13.2 Å². The largest absolute Gasteiger partial charge is 0.352 e. The molecule has 2 aliphatic rings. The maximum atomic E-state index is 11.7. The number of aromatic nitrogens is 1. The molecule has 0 aromatic carbocycles. The predicted octanol–water partition coefficient (Wildman–Crippen LogP) is -0.890. The van der Waals surface area contributed by atoms with Gasteiger partial charge in [-0.15, -0.1) is 5.11 Å². The molecule has 104 valence electrons. The summed E-state index contributed by atoms with van der Waals surface area (Å²) >= 11 is 0. The summed E-state index contributed by atoms with van der Waals surface area (Å²) in [5.74, 6) is -0.481. The number of piperidine rings is 1. The van der Waals surface area contributed by atoms with Gasteiger partial charge in [-0.05, 0) is 12.1 Å². The second-order valence-corrected chi connectivity index (χ2v) is 6.05. The van der Waals surface area contributed by atoms with E-state index in [0.717, 1.165) is 0 Å². The summed E-state index contributed by atoms with van der Waals surface area (Å²) in [7, 11) is -3.53. The molecule has 1 aromatic heterocycles. The lowest BCUT2D eigenvalue weighted by atomic mass is 10.0. The minimum absolute atomic E-state index is 0.00204. The first-order chi connectivity index (χ1) is 9.49. The van der Waals surface area contributed by atoms with Gasteiger partial charge in [0.2, 0.25) is 0 Å². The Labute approximate surface area is 112 Å². The van der Waals surface area contributed by atoms with E-state index in [-0.39, 0.29) is 17.9 Å². The SMILES string of the molecule is O=C1NCC2C(=NS2(=O)=O)C1N=Nc1ccc[nH]c1=O. The normalized spacial score (nSPS) is 27.4. The highest BCUT2D eigenvalue weighted by molar-refractivity contribution is 7.93. The summed E-state index contributed by atoms with van der Waals surface area (Å²) in [6.07, 6.45) is 1.44. The summed E-state index contributed by atoms with van der Waals surface area (Å²) < 4.78 is 26.2. The third-order valence-electron chi connectivity index (χ3n) is 2.99. The maximum Gasteiger partial charge on any atom is 0.275 e. The Morgan fingerprint density at radius 3 is 2.85 bits per heavy atom. The minimum atomic E-state index is -3.53. The maximum absolute atomic E-state index is 11.7. The van der Waals surface area contributed by atoms with Crippen molar-refractivity contribution in [2.45, 2.75) is 11.3 Å². The van der Waals surface area contributed by atoms with Gasteiger partial charge in [0.25, 0.3) is 21.5 Å². The fraction of sp³-hybridized carbons (Fsp3) is 0.300. The van der Waals surface area contributed by atoms with Gasteiger partial charge in [0.15, 0.2) is 11.7 Å². The van der Waals surface area contributed by atoms with E-state index in [4.69, 9.17) is 0 Å². The Kier molecular flexibility index (Phi) is 2.74. The molecule has 20 heavy (non-hydrogen) atoms. The van der Waals surface area contributed by atoms with Crippen LogP contribution in [0.25, 0.3) is 0 Å². The van der Waals surface area contributed by atoms with E-state index < -0.39 is 32.8 Å². The van der Waals surface area contributed by atoms with Crippen LogP contribution in [0.4, 0.5) is 5.69 Å². The van der Waals surface area contributed by atoms with Crippen LogP contribution in [0, 0.1) is 0 Å². The number of aromatic amines is 1. The van der Waals surface area contributed by atoms with E-state index in [9.17, 15) is 18.0 Å². The molecule has 0 saturated carbocycles. The number of pyridine rings is 1. The van der Waals surface area contributed by atoms with Crippen molar-refractivity contribution in [1.82, 2.24) is 10.3 Å². The zero-order chi connectivity index (χ0) is 14.3. The quantitative estimate of drug-likeness (QED) is 0.684. The van der Waals surface area contributed by atoms with E-state index >= 15 is 0 Å². The molecule has 0 bridgehead atoms. The number of carbonyl (C=O) groups excluding carboxylic acids is 1. The van der Waals surface area contributed by atoms with Gasteiger partial charge in [-0.2, -0.15) is 9.51 Å². The fourth-order valence-electron chi connectivity index (χ4n) is 1.96. The molecule has 1 fully saturated rings. The minimum Gasteiger partial charge on any atom is -0.352 e. The fourth-order valence-corrected chi connectivity index (χ4v) is 3.22. The van der Waals surface area contributed by atoms with Crippen molar-refractivity contribution in [3.8, 4) is 0 Å². The number of hydrogen-bond acceptors (Lipinski definition) is 6. The number of amides is 1. The van der Waals surface area contributed by atoms with E-state index in [0.29, 0.717) is 0 Å². The molecule has 10 heteroatoms. The number of azo groups is 1. The number of fused-ring (bicyclic) bond motifs is 1. The van der Waals surface area contributed by atoms with Crippen molar-refractivity contribution in [1.29, 1.82) is 0 Å². The smallest absolute Gasteiger partial charge is 0.275 e. The Morgan fingerprint density at radius 1 is 1.35 bits per heavy atom. The van der Waals surface area contributed by atoms with E-state index in [2.05, 4.69) is 24.9 Å². The average molecular weight is 295 g/mol. The summed E-state index contributed by atoms with van der Waals surface area (Å²) in [6.45, 7) is -0.00204. The summed E-state index contributed by atoms with van der Waals surface area (Å²) in [4.78, 5) is 25.5. The molecule has 3 rings (SSSR count). The van der Waals surface area contributed by atoms with Crippen molar-refractivity contribution in [3.05, 3.63) is 28.7 Å². The second-order valence-electron chi connectivity index (χ2n) is 4.27. The average Bonchev–Trinajstić information content (AvgIpc) is 2.39. The van der Waals surface area contributed by atoms with Crippen molar-refractivity contribution in [2.75, 3.05) is 6.54 Å². The third-order valence-corrected chi connectivity index (χ3v) is 4.58. The Hall–Kier alpha value is -2.36. The van der Waals surface area contributed by atoms with Crippen LogP contribution < -0.4 is 10.9 Å². The number of H-pyrrole nitrogens is 1. The van der Waals surface area contributed by atoms with Crippen molar-refractivity contribution >= 4 is 27.3 Å². The standard InChI is InChI=1S/C10H9N5O4S/c16-9-5(2-1-3-11-9)13-14-8-7-6(4-12-10(8)17)20(18,19)15-7/h1-3,6,8H,4H2,(H,11,16)(H,12,17). The van der Waals surface area contributed by atoms with Gasteiger partial charge in [-0.3, -0.25) is 9.59 Å². The van der Waals surface area contributed by atoms with Crippen LogP contribution in [-0.2, 0) is 14.8 Å². The summed E-state index contributed by atoms with van der Waals surface area (Å²) in [5, 5.41) is 9.03. The molecular weight excluding hydrogens is 286 g/mol. The molecule has 0 spiro atoms. The van der Waals surface area contributed by atoms with E-state index in [1.807, 2.05) is 0 Å². The lowest BCUT2D eigenvalue weighted by Crippen LogP contribution is -2.60. The highest BCUT2D eigenvalue weighted by atomic mass is 32.2. The van der Waals surface area contributed by atoms with E-state index in [1.165, 1.54) is 12.3 Å². The van der Waals surface area contributed by atoms with Crippen LogP contribution >= 0.6 is 0 Å². The predicted molar refractivity (Wildman–Crippen MR) is 68.5 cm³/mol. The monoisotopic (exact) mass is 295 g/mol. The highest BCUT2D eigenvalue weighted by Gasteiger charge is 2.49. The number of nitrogens with one attached hydrogen (secondary N) is 2. The molecule has 2 N–H and O–H groups in total. The van der Waals surface area contributed by atoms with Gasteiger partial charge < -0.3 is 10.3 Å². The number of rotatable bonds is 2. The van der Waals surface area contributed by atoms with Crippen LogP contribution in [0.5, 0.6) is 0 Å². The molecule has 1 amide bonds. The van der Waals surface area contributed by atoms with Crippen LogP contribution in [0.15, 0.2) is 37.8 Å². The Bertz CT molecular complexity index is 794. The van der Waals surface area contributed by atoms with Gasteiger partial charge >= 0.3 is 0 Å². The molecule has 2 unspecified atom stereocenters. The highest BCUT2D eigenvalue weighted by Crippen LogP contribution is 2.25. The van der Waals surface area contributed by atoms with Crippen molar-refractivity contribution in [2.24, 2.45) is 14.6 Å². The third kappa shape index (κ3) is 1.93. The topological polar surface area (TPSA) is 133 Å². The van der Waals surface area contributed by atoms with Gasteiger partial charge in [0, 0.05) is 12.7 Å². The zero-order valence-electron chi connectivity index (χ0n) is 9.98. The Morgan fingerprint density at radius 2 is 2.15 bits per heavy atom. The number of carbonyl (C=O) groups is 1. The van der Waals surface area contributed by atoms with Gasteiger partial charge in [-0.1, -0.05) is 0 Å². The van der Waals surface area contributed by atoms with E-state index in [1.54, 1.807) is 6.07 Å². The molecule has 0 radical (unpaired) electrons. The first kappa shape index (κ1) is 12.7. The molecule has 3 heterocycles.